The Labute approximate surface area is 149 Å². The van der Waals surface area contributed by atoms with E-state index in [2.05, 4.69) is 25.8 Å². The minimum absolute atomic E-state index is 0.00553. The van der Waals surface area contributed by atoms with Gasteiger partial charge in [-0.05, 0) is 38.1 Å². The van der Waals surface area contributed by atoms with Crippen LogP contribution in [-0.4, -0.2) is 21.3 Å². The van der Waals surface area contributed by atoms with Crippen molar-refractivity contribution in [3.05, 3.63) is 60.3 Å². The number of ether oxygens (including phenoxy) is 1. The van der Waals surface area contributed by atoms with Gasteiger partial charge in [0.15, 0.2) is 5.82 Å². The Morgan fingerprint density at radius 2 is 1.69 bits per heavy atom. The number of halogens is 2. The molecule has 6 nitrogen and oxygen atoms in total. The monoisotopic (exact) mass is 357 g/mol. The van der Waals surface area contributed by atoms with E-state index in [1.54, 1.807) is 6.07 Å². The number of aromatic nitrogens is 3. The molecule has 0 atom stereocenters. The molecule has 26 heavy (non-hydrogen) atoms. The Kier molecular flexibility index (Phi) is 5.21. The molecule has 1 heterocycles. The van der Waals surface area contributed by atoms with Gasteiger partial charge in [-0.3, -0.25) is 0 Å². The van der Waals surface area contributed by atoms with E-state index in [4.69, 9.17) is 4.74 Å². The minimum Gasteiger partial charge on any atom is -0.489 e. The van der Waals surface area contributed by atoms with Gasteiger partial charge in [-0.15, -0.1) is 5.10 Å². The molecule has 0 spiro atoms. The highest BCUT2D eigenvalue weighted by molar-refractivity contribution is 5.64. The number of hydrogen-bond donors (Lipinski definition) is 2. The molecule has 0 amide bonds. The first kappa shape index (κ1) is 17.5. The summed E-state index contributed by atoms with van der Waals surface area (Å²) in [5, 5.41) is 13.3. The molecule has 0 aliphatic carbocycles. The van der Waals surface area contributed by atoms with E-state index in [9.17, 15) is 8.78 Å². The lowest BCUT2D eigenvalue weighted by Gasteiger charge is -2.14. The van der Waals surface area contributed by atoms with Crippen LogP contribution in [0, 0.1) is 11.6 Å². The highest BCUT2D eigenvalue weighted by atomic mass is 19.1. The summed E-state index contributed by atoms with van der Waals surface area (Å²) in [6.07, 6.45) is 1.27. The van der Waals surface area contributed by atoms with Crippen molar-refractivity contribution in [3.63, 3.8) is 0 Å². The third-order valence-electron chi connectivity index (χ3n) is 3.27. The molecule has 0 fully saturated rings. The minimum atomic E-state index is -0.728. The number of nitrogens with one attached hydrogen (secondary N) is 2. The molecule has 0 saturated carbocycles. The molecular weight excluding hydrogens is 340 g/mol. The van der Waals surface area contributed by atoms with Crippen molar-refractivity contribution in [1.82, 2.24) is 15.2 Å². The Morgan fingerprint density at radius 3 is 2.42 bits per heavy atom. The van der Waals surface area contributed by atoms with Gasteiger partial charge < -0.3 is 15.4 Å². The first-order chi connectivity index (χ1) is 12.5. The van der Waals surface area contributed by atoms with Gasteiger partial charge in [0.1, 0.15) is 23.1 Å². The maximum Gasteiger partial charge on any atom is 0.249 e. The molecule has 2 aromatic carbocycles. The molecule has 3 rings (SSSR count). The van der Waals surface area contributed by atoms with E-state index in [-0.39, 0.29) is 23.6 Å². The summed E-state index contributed by atoms with van der Waals surface area (Å²) in [6, 6.07) is 10.9. The lowest BCUT2D eigenvalue weighted by molar-refractivity contribution is 0.244. The van der Waals surface area contributed by atoms with Crippen LogP contribution >= 0.6 is 0 Å². The standard InChI is InChI=1S/C18H17F2N5O/c1-11(2)26-15-9-4-3-8-14(15)22-18-24-16(10-21-25-18)23-17-12(19)6-5-7-13(17)20/h3-11H,1-2H3,(H2,22,23,24,25). The van der Waals surface area contributed by atoms with Gasteiger partial charge in [-0.1, -0.05) is 18.2 Å². The molecular formula is C18H17F2N5O. The van der Waals surface area contributed by atoms with Crippen molar-refractivity contribution in [2.24, 2.45) is 0 Å². The van der Waals surface area contributed by atoms with Crippen LogP contribution in [0.1, 0.15) is 13.8 Å². The van der Waals surface area contributed by atoms with Crippen LogP contribution in [0.25, 0.3) is 0 Å². The summed E-state index contributed by atoms with van der Waals surface area (Å²) in [6.45, 7) is 3.84. The molecule has 0 aliphatic heterocycles. The van der Waals surface area contributed by atoms with Gasteiger partial charge in [0, 0.05) is 0 Å². The normalized spacial score (nSPS) is 10.7. The van der Waals surface area contributed by atoms with E-state index in [0.717, 1.165) is 12.1 Å². The zero-order valence-electron chi connectivity index (χ0n) is 14.2. The number of anilines is 4. The maximum atomic E-state index is 13.8. The van der Waals surface area contributed by atoms with Crippen LogP contribution in [0.2, 0.25) is 0 Å². The summed E-state index contributed by atoms with van der Waals surface area (Å²) < 4.78 is 33.2. The number of nitrogens with zero attached hydrogens (tertiary/aromatic N) is 3. The lowest BCUT2D eigenvalue weighted by atomic mass is 10.3. The van der Waals surface area contributed by atoms with Crippen molar-refractivity contribution in [2.75, 3.05) is 10.6 Å². The van der Waals surface area contributed by atoms with Crippen molar-refractivity contribution in [2.45, 2.75) is 20.0 Å². The predicted octanol–water partition coefficient (Wildman–Crippen LogP) is 4.42. The smallest absolute Gasteiger partial charge is 0.249 e. The summed E-state index contributed by atoms with van der Waals surface area (Å²) in [5.41, 5.74) is 0.347. The quantitative estimate of drug-likeness (QED) is 0.680. The average Bonchev–Trinajstić information content (AvgIpc) is 2.60. The number of hydrogen-bond acceptors (Lipinski definition) is 6. The molecule has 1 aromatic heterocycles. The van der Waals surface area contributed by atoms with Crippen molar-refractivity contribution < 1.29 is 13.5 Å². The predicted molar refractivity (Wildman–Crippen MR) is 95.0 cm³/mol. The Balaban J connectivity index is 1.83. The largest absolute Gasteiger partial charge is 0.489 e. The molecule has 0 saturated heterocycles. The fraction of sp³-hybridized carbons (Fsp3) is 0.167. The molecule has 0 aliphatic rings. The summed E-state index contributed by atoms with van der Waals surface area (Å²) >= 11 is 0. The van der Waals surface area contributed by atoms with E-state index < -0.39 is 11.6 Å². The second kappa shape index (κ2) is 7.73. The van der Waals surface area contributed by atoms with Gasteiger partial charge in [0.2, 0.25) is 5.95 Å². The fourth-order valence-electron chi connectivity index (χ4n) is 2.21. The fourth-order valence-corrected chi connectivity index (χ4v) is 2.21. The zero-order valence-corrected chi connectivity index (χ0v) is 14.2. The Bertz CT molecular complexity index is 884. The van der Waals surface area contributed by atoms with Gasteiger partial charge >= 0.3 is 0 Å². The van der Waals surface area contributed by atoms with E-state index in [1.807, 2.05) is 32.0 Å². The first-order valence-corrected chi connectivity index (χ1v) is 7.96. The van der Waals surface area contributed by atoms with Crippen LogP contribution in [0.3, 0.4) is 0 Å². The number of benzene rings is 2. The van der Waals surface area contributed by atoms with E-state index in [0.29, 0.717) is 11.4 Å². The average molecular weight is 357 g/mol. The highest BCUT2D eigenvalue weighted by Crippen LogP contribution is 2.27. The van der Waals surface area contributed by atoms with Gasteiger partial charge in [-0.25, -0.2) is 8.78 Å². The second-order valence-electron chi connectivity index (χ2n) is 5.67. The molecule has 2 N–H and O–H groups in total. The van der Waals surface area contributed by atoms with Crippen molar-refractivity contribution in [1.29, 1.82) is 0 Å². The molecule has 134 valence electrons. The van der Waals surface area contributed by atoms with Crippen LogP contribution in [0.4, 0.5) is 31.9 Å². The lowest BCUT2D eigenvalue weighted by Crippen LogP contribution is -2.08. The van der Waals surface area contributed by atoms with Crippen molar-refractivity contribution in [3.8, 4) is 5.75 Å². The van der Waals surface area contributed by atoms with Crippen LogP contribution in [0.5, 0.6) is 5.75 Å². The van der Waals surface area contributed by atoms with Gasteiger partial charge in [0.05, 0.1) is 18.0 Å². The van der Waals surface area contributed by atoms with Gasteiger partial charge in [-0.2, -0.15) is 10.1 Å². The van der Waals surface area contributed by atoms with Crippen LogP contribution in [0.15, 0.2) is 48.7 Å². The third kappa shape index (κ3) is 4.21. The summed E-state index contributed by atoms with van der Waals surface area (Å²) in [4.78, 5) is 4.18. The number of rotatable bonds is 6. The van der Waals surface area contributed by atoms with Crippen LogP contribution in [-0.2, 0) is 0 Å². The summed E-state index contributed by atoms with van der Waals surface area (Å²) in [7, 11) is 0. The molecule has 0 bridgehead atoms. The van der Waals surface area contributed by atoms with E-state index in [1.165, 1.54) is 12.3 Å². The molecule has 0 unspecified atom stereocenters. The van der Waals surface area contributed by atoms with Crippen molar-refractivity contribution >= 4 is 23.1 Å². The van der Waals surface area contributed by atoms with Crippen LogP contribution < -0.4 is 15.4 Å². The Morgan fingerprint density at radius 1 is 0.962 bits per heavy atom. The van der Waals surface area contributed by atoms with Gasteiger partial charge in [0.25, 0.3) is 0 Å². The molecule has 0 radical (unpaired) electrons. The maximum absolute atomic E-state index is 13.8. The SMILES string of the molecule is CC(C)Oc1ccccc1Nc1nncc(Nc2c(F)cccc2F)n1. The second-order valence-corrected chi connectivity index (χ2v) is 5.67. The zero-order chi connectivity index (χ0) is 18.5. The Hall–Kier alpha value is -3.29. The van der Waals surface area contributed by atoms with E-state index >= 15 is 0 Å². The molecule has 8 heteroatoms. The summed E-state index contributed by atoms with van der Waals surface area (Å²) in [5.74, 6) is -0.521. The highest BCUT2D eigenvalue weighted by Gasteiger charge is 2.11. The topological polar surface area (TPSA) is 72.0 Å². The molecule has 3 aromatic rings. The third-order valence-corrected chi connectivity index (χ3v) is 3.27. The number of para-hydroxylation sites is 3. The first-order valence-electron chi connectivity index (χ1n) is 7.96.